The Bertz CT molecular complexity index is 1120. The van der Waals surface area contributed by atoms with Crippen molar-refractivity contribution >= 4 is 27.5 Å². The number of anilines is 1. The molecule has 0 radical (unpaired) electrons. The zero-order valence-electron chi connectivity index (χ0n) is 15.8. The number of alkyl halides is 3. The van der Waals surface area contributed by atoms with E-state index in [1.54, 1.807) is 30.9 Å². The third-order valence-electron chi connectivity index (χ3n) is 5.29. The highest BCUT2D eigenvalue weighted by atomic mass is 79.9. The van der Waals surface area contributed by atoms with Gasteiger partial charge in [0.15, 0.2) is 0 Å². The van der Waals surface area contributed by atoms with Crippen molar-refractivity contribution in [1.82, 2.24) is 4.57 Å². The number of rotatable bonds is 2. The van der Waals surface area contributed by atoms with Gasteiger partial charge in [-0.1, -0.05) is 28.1 Å². The smallest absolute Gasteiger partial charge is 0.317 e. The van der Waals surface area contributed by atoms with E-state index in [-0.39, 0.29) is 11.6 Å². The molecule has 4 rings (SSSR count). The van der Waals surface area contributed by atoms with Crippen LogP contribution in [0.3, 0.4) is 0 Å². The molecule has 0 N–H and O–H groups in total. The lowest BCUT2D eigenvalue weighted by Crippen LogP contribution is -2.29. The number of halogens is 4. The predicted molar refractivity (Wildman–Crippen MR) is 110 cm³/mol. The zero-order chi connectivity index (χ0) is 20.9. The molecule has 150 valence electrons. The third-order valence-corrected chi connectivity index (χ3v) is 5.79. The van der Waals surface area contributed by atoms with Crippen LogP contribution in [0.2, 0.25) is 0 Å². The lowest BCUT2D eigenvalue weighted by atomic mass is 10.1. The maximum Gasteiger partial charge on any atom is 0.418 e. The van der Waals surface area contributed by atoms with Gasteiger partial charge in [0.2, 0.25) is 0 Å². The second-order valence-corrected chi connectivity index (χ2v) is 8.03. The third kappa shape index (κ3) is 3.37. The zero-order valence-corrected chi connectivity index (χ0v) is 17.4. The van der Waals surface area contributed by atoms with Gasteiger partial charge in [0.25, 0.3) is 5.91 Å². The number of aromatic nitrogens is 1. The molecule has 29 heavy (non-hydrogen) atoms. The average Bonchev–Trinajstić information content (AvgIpc) is 3.20. The summed E-state index contributed by atoms with van der Waals surface area (Å²) in [5.74, 6) is -0.199. The summed E-state index contributed by atoms with van der Waals surface area (Å²) in [7, 11) is 0. The molecule has 3 nitrogen and oxygen atoms in total. The largest absolute Gasteiger partial charge is 0.418 e. The fourth-order valence-corrected chi connectivity index (χ4v) is 4.39. The molecule has 7 heteroatoms. The van der Waals surface area contributed by atoms with Gasteiger partial charge in [0.1, 0.15) is 0 Å². The van der Waals surface area contributed by atoms with Crippen molar-refractivity contribution in [3.63, 3.8) is 0 Å². The van der Waals surface area contributed by atoms with Crippen molar-refractivity contribution in [3.05, 3.63) is 81.1 Å². The molecule has 1 aliphatic rings. The quantitative estimate of drug-likeness (QED) is 0.453. The van der Waals surface area contributed by atoms with Crippen molar-refractivity contribution in [2.24, 2.45) is 0 Å². The van der Waals surface area contributed by atoms with E-state index in [1.165, 1.54) is 16.7 Å². The summed E-state index contributed by atoms with van der Waals surface area (Å²) in [6, 6.07) is 12.9. The van der Waals surface area contributed by atoms with Crippen LogP contribution in [0.25, 0.3) is 5.69 Å². The van der Waals surface area contributed by atoms with E-state index < -0.39 is 11.7 Å². The first-order valence-corrected chi connectivity index (χ1v) is 9.93. The minimum absolute atomic E-state index is 0.0276. The van der Waals surface area contributed by atoms with E-state index in [2.05, 4.69) is 15.9 Å². The minimum Gasteiger partial charge on any atom is -0.317 e. The van der Waals surface area contributed by atoms with Gasteiger partial charge in [0.05, 0.1) is 16.8 Å². The van der Waals surface area contributed by atoms with Crippen LogP contribution in [0.4, 0.5) is 18.9 Å². The Balaban J connectivity index is 1.78. The van der Waals surface area contributed by atoms with Crippen LogP contribution in [-0.2, 0) is 12.6 Å². The van der Waals surface area contributed by atoms with Gasteiger partial charge in [-0.25, -0.2) is 0 Å². The lowest BCUT2D eigenvalue weighted by molar-refractivity contribution is -0.137. The molecule has 3 aromatic rings. The Morgan fingerprint density at radius 1 is 1.03 bits per heavy atom. The summed E-state index contributed by atoms with van der Waals surface area (Å²) in [6.07, 6.45) is -3.73. The average molecular weight is 463 g/mol. The van der Waals surface area contributed by atoms with Crippen LogP contribution in [0.1, 0.15) is 32.9 Å². The van der Waals surface area contributed by atoms with Crippen LogP contribution in [0.15, 0.2) is 53.0 Å². The molecule has 0 spiro atoms. The van der Waals surface area contributed by atoms with E-state index in [4.69, 9.17) is 0 Å². The van der Waals surface area contributed by atoms with Crippen LogP contribution < -0.4 is 4.90 Å². The molecule has 1 aromatic heterocycles. The Morgan fingerprint density at radius 2 is 1.76 bits per heavy atom. The first kappa shape index (κ1) is 19.8. The molecular weight excluding hydrogens is 445 g/mol. The predicted octanol–water partition coefficient (Wildman–Crippen LogP) is 6.08. The Hall–Kier alpha value is -2.54. The van der Waals surface area contributed by atoms with Crippen molar-refractivity contribution in [1.29, 1.82) is 0 Å². The van der Waals surface area contributed by atoms with Crippen molar-refractivity contribution in [2.45, 2.75) is 26.4 Å². The number of fused-ring (bicyclic) bond motifs is 1. The first-order chi connectivity index (χ1) is 13.7. The Labute approximate surface area is 174 Å². The summed E-state index contributed by atoms with van der Waals surface area (Å²) >= 11 is 3.44. The fraction of sp³-hybridized carbons (Fsp3) is 0.227. The van der Waals surface area contributed by atoms with Gasteiger partial charge in [-0.2, -0.15) is 13.2 Å². The van der Waals surface area contributed by atoms with Gasteiger partial charge in [0, 0.05) is 28.1 Å². The van der Waals surface area contributed by atoms with Gasteiger partial charge in [-0.15, -0.1) is 0 Å². The minimum atomic E-state index is -4.48. The summed E-state index contributed by atoms with van der Waals surface area (Å²) in [4.78, 5) is 15.0. The molecular formula is C22H18BrF3N2O. The molecule has 0 aliphatic carbocycles. The molecule has 0 saturated heterocycles. The van der Waals surface area contributed by atoms with E-state index in [1.807, 2.05) is 18.2 Å². The normalized spacial score (nSPS) is 13.7. The molecule has 2 heterocycles. The molecule has 0 bridgehead atoms. The highest BCUT2D eigenvalue weighted by Crippen LogP contribution is 2.36. The van der Waals surface area contributed by atoms with E-state index in [9.17, 15) is 18.0 Å². The second-order valence-electron chi connectivity index (χ2n) is 7.11. The summed E-state index contributed by atoms with van der Waals surface area (Å²) in [5.41, 5.74) is 2.71. The van der Waals surface area contributed by atoms with Crippen LogP contribution in [-0.4, -0.2) is 17.0 Å². The van der Waals surface area contributed by atoms with Crippen LogP contribution in [0, 0.1) is 13.8 Å². The monoisotopic (exact) mass is 462 g/mol. The Morgan fingerprint density at radius 3 is 2.48 bits per heavy atom. The van der Waals surface area contributed by atoms with Crippen molar-refractivity contribution in [3.8, 4) is 5.69 Å². The highest BCUT2D eigenvalue weighted by Gasteiger charge is 2.35. The van der Waals surface area contributed by atoms with E-state index in [0.717, 1.165) is 28.2 Å². The maximum atomic E-state index is 13.5. The SMILES string of the molecule is Cc1cc(C(=O)N2CCc3cc(Br)ccc32)c(C)n1-c1ccccc1C(F)(F)F. The summed E-state index contributed by atoms with van der Waals surface area (Å²) in [6.45, 7) is 3.95. The maximum absolute atomic E-state index is 13.5. The summed E-state index contributed by atoms with van der Waals surface area (Å²) < 4.78 is 43.0. The van der Waals surface area contributed by atoms with Gasteiger partial charge in [-0.3, -0.25) is 4.79 Å². The van der Waals surface area contributed by atoms with Crippen LogP contribution in [0.5, 0.6) is 0 Å². The molecule has 1 aliphatic heterocycles. The molecule has 2 aromatic carbocycles. The first-order valence-electron chi connectivity index (χ1n) is 9.14. The van der Waals surface area contributed by atoms with E-state index >= 15 is 0 Å². The van der Waals surface area contributed by atoms with E-state index in [0.29, 0.717) is 23.5 Å². The van der Waals surface area contributed by atoms with Crippen molar-refractivity contribution in [2.75, 3.05) is 11.4 Å². The second kappa shape index (κ2) is 7.06. The van der Waals surface area contributed by atoms with Crippen molar-refractivity contribution < 1.29 is 18.0 Å². The molecule has 1 amide bonds. The molecule has 0 unspecified atom stereocenters. The van der Waals surface area contributed by atoms with Gasteiger partial charge >= 0.3 is 6.18 Å². The molecule has 0 atom stereocenters. The number of para-hydroxylation sites is 1. The fourth-order valence-electron chi connectivity index (χ4n) is 3.99. The summed E-state index contributed by atoms with van der Waals surface area (Å²) in [5, 5.41) is 0. The highest BCUT2D eigenvalue weighted by molar-refractivity contribution is 9.10. The number of aryl methyl sites for hydroxylation is 1. The number of carbonyl (C=O) groups is 1. The Kier molecular flexibility index (Phi) is 4.81. The van der Waals surface area contributed by atoms with Crippen LogP contribution >= 0.6 is 15.9 Å². The topological polar surface area (TPSA) is 25.2 Å². The number of hydrogen-bond acceptors (Lipinski definition) is 1. The van der Waals surface area contributed by atoms with Gasteiger partial charge in [-0.05, 0) is 62.2 Å². The number of benzene rings is 2. The lowest BCUT2D eigenvalue weighted by Gasteiger charge is -2.19. The van der Waals surface area contributed by atoms with Gasteiger partial charge < -0.3 is 9.47 Å². The molecule has 0 saturated carbocycles. The number of nitrogens with zero attached hydrogens (tertiary/aromatic N) is 2. The standard InChI is InChI=1S/C22H18BrF3N2O/c1-13-11-17(21(29)27-10-9-15-12-16(23)7-8-19(15)27)14(2)28(13)20-6-4-3-5-18(20)22(24,25)26/h3-8,11-12H,9-10H2,1-2H3. The molecule has 0 fully saturated rings. The number of amides is 1. The number of hydrogen-bond donors (Lipinski definition) is 0. The number of carbonyl (C=O) groups excluding carboxylic acids is 1.